The van der Waals surface area contributed by atoms with Gasteiger partial charge in [-0.1, -0.05) is 24.3 Å². The molecule has 2 aromatic carbocycles. The van der Waals surface area contributed by atoms with Gasteiger partial charge in [-0.3, -0.25) is 9.67 Å². The first-order valence-electron chi connectivity index (χ1n) is 11.8. The van der Waals surface area contributed by atoms with Gasteiger partial charge >= 0.3 is 0 Å². The monoisotopic (exact) mass is 490 g/mol. The summed E-state index contributed by atoms with van der Waals surface area (Å²) in [4.78, 5) is 4.60. The zero-order valence-corrected chi connectivity index (χ0v) is 19.9. The Morgan fingerprint density at radius 1 is 1.00 bits per heavy atom. The Hall–Kier alpha value is -3.27. The fourth-order valence-electron chi connectivity index (χ4n) is 4.70. The lowest BCUT2D eigenvalue weighted by Crippen LogP contribution is -2.15. The Bertz CT molecular complexity index is 1510. The van der Waals surface area contributed by atoms with E-state index < -0.39 is 10.0 Å². The maximum atomic E-state index is 12.1. The molecule has 0 radical (unpaired) electrons. The highest BCUT2D eigenvalue weighted by Crippen LogP contribution is 2.41. The van der Waals surface area contributed by atoms with Crippen LogP contribution in [0.15, 0.2) is 65.8 Å². The number of aromatic nitrogens is 3. The van der Waals surface area contributed by atoms with Crippen molar-refractivity contribution in [1.29, 1.82) is 0 Å². The Morgan fingerprint density at radius 2 is 1.80 bits per heavy atom. The largest absolute Gasteiger partial charge is 0.453 e. The summed E-state index contributed by atoms with van der Waals surface area (Å²) >= 11 is 0. The molecule has 1 saturated carbocycles. The zero-order chi connectivity index (χ0) is 24.0. The summed E-state index contributed by atoms with van der Waals surface area (Å²) in [7, 11) is -3.86. The smallest absolute Gasteiger partial charge is 0.238 e. The summed E-state index contributed by atoms with van der Waals surface area (Å²) in [6.45, 7) is 1.47. The molecule has 180 valence electrons. The van der Waals surface area contributed by atoms with Gasteiger partial charge in [-0.15, -0.1) is 0 Å². The third-order valence-corrected chi connectivity index (χ3v) is 7.65. The predicted molar refractivity (Wildman–Crippen MR) is 132 cm³/mol. The van der Waals surface area contributed by atoms with Gasteiger partial charge in [0, 0.05) is 36.3 Å². The minimum Gasteiger partial charge on any atom is -0.453 e. The molecule has 1 aliphatic heterocycles. The number of ether oxygens (including phenoxy) is 2. The highest BCUT2D eigenvalue weighted by Gasteiger charge is 2.30. The third kappa shape index (κ3) is 4.42. The van der Waals surface area contributed by atoms with E-state index in [4.69, 9.17) is 19.7 Å². The molecular weight excluding hydrogens is 464 g/mol. The van der Waals surface area contributed by atoms with Crippen LogP contribution < -0.4 is 9.88 Å². The topological polar surface area (TPSA) is 109 Å². The standard InChI is InChI=1S/C26H26N4O4S/c27-35(31,32)25-4-2-1-3-20(25)18-5-8-21-22(15-18)28-12-9-23(21)34-24-16-30(19-6-7-19)29-26(24)17-10-13-33-14-11-17/h1-5,8-9,12,15-17,19H,6-7,10-11,13-14H2,(H2,27,31,32). The van der Waals surface area contributed by atoms with Crippen LogP contribution >= 0.6 is 0 Å². The first-order valence-corrected chi connectivity index (χ1v) is 13.4. The fourth-order valence-corrected chi connectivity index (χ4v) is 5.46. The van der Waals surface area contributed by atoms with E-state index in [2.05, 4.69) is 4.98 Å². The van der Waals surface area contributed by atoms with Crippen molar-refractivity contribution in [3.05, 3.63) is 66.6 Å². The molecule has 9 heteroatoms. The Balaban J connectivity index is 1.38. The number of nitrogens with two attached hydrogens (primary N) is 1. The maximum absolute atomic E-state index is 12.1. The average molecular weight is 491 g/mol. The number of pyridine rings is 1. The number of primary sulfonamides is 1. The van der Waals surface area contributed by atoms with Crippen LogP contribution in [0.3, 0.4) is 0 Å². The molecule has 2 N–H and O–H groups in total. The molecular formula is C26H26N4O4S. The molecule has 2 aromatic heterocycles. The molecule has 0 bridgehead atoms. The minimum absolute atomic E-state index is 0.0837. The molecule has 4 aromatic rings. The maximum Gasteiger partial charge on any atom is 0.238 e. The van der Waals surface area contributed by atoms with Crippen molar-refractivity contribution in [3.63, 3.8) is 0 Å². The number of fused-ring (bicyclic) bond motifs is 1. The Morgan fingerprint density at radius 3 is 2.57 bits per heavy atom. The molecule has 35 heavy (non-hydrogen) atoms. The Labute approximate surface area is 203 Å². The van der Waals surface area contributed by atoms with E-state index in [0.717, 1.165) is 61.3 Å². The summed E-state index contributed by atoms with van der Waals surface area (Å²) in [5.41, 5.74) is 2.95. The van der Waals surface area contributed by atoms with Crippen LogP contribution in [0.2, 0.25) is 0 Å². The number of hydrogen-bond donors (Lipinski definition) is 1. The molecule has 0 unspecified atom stereocenters. The van der Waals surface area contributed by atoms with E-state index >= 15 is 0 Å². The zero-order valence-electron chi connectivity index (χ0n) is 19.1. The lowest BCUT2D eigenvalue weighted by Gasteiger charge is -2.21. The van der Waals surface area contributed by atoms with E-state index in [9.17, 15) is 8.42 Å². The van der Waals surface area contributed by atoms with E-state index in [1.807, 2.05) is 35.1 Å². The molecule has 1 aliphatic carbocycles. The first kappa shape index (κ1) is 22.2. The summed E-state index contributed by atoms with van der Waals surface area (Å²) in [5, 5.41) is 11.2. The van der Waals surface area contributed by atoms with Gasteiger partial charge in [0.1, 0.15) is 11.4 Å². The van der Waals surface area contributed by atoms with Crippen LogP contribution in [-0.4, -0.2) is 36.4 Å². The van der Waals surface area contributed by atoms with E-state index in [0.29, 0.717) is 28.8 Å². The van der Waals surface area contributed by atoms with Crippen molar-refractivity contribution in [2.45, 2.75) is 42.5 Å². The molecule has 0 spiro atoms. The van der Waals surface area contributed by atoms with Gasteiger partial charge in [0.05, 0.1) is 22.7 Å². The lowest BCUT2D eigenvalue weighted by atomic mass is 9.96. The number of sulfonamides is 1. The second-order valence-corrected chi connectivity index (χ2v) is 10.7. The normalized spacial score (nSPS) is 17.1. The highest BCUT2D eigenvalue weighted by molar-refractivity contribution is 7.89. The van der Waals surface area contributed by atoms with E-state index in [1.165, 1.54) is 6.07 Å². The van der Waals surface area contributed by atoms with Gasteiger partial charge in [-0.25, -0.2) is 13.6 Å². The minimum atomic E-state index is -3.86. The van der Waals surface area contributed by atoms with Crippen LogP contribution in [0, 0.1) is 0 Å². The molecule has 8 nitrogen and oxygen atoms in total. The van der Waals surface area contributed by atoms with Gasteiger partial charge < -0.3 is 9.47 Å². The summed E-state index contributed by atoms with van der Waals surface area (Å²) in [6.07, 6.45) is 7.88. The molecule has 0 atom stereocenters. The summed E-state index contributed by atoms with van der Waals surface area (Å²) in [6, 6.07) is 14.6. The second-order valence-electron chi connectivity index (χ2n) is 9.16. The van der Waals surface area contributed by atoms with Crippen molar-refractivity contribution in [3.8, 4) is 22.6 Å². The number of benzene rings is 2. The quantitative estimate of drug-likeness (QED) is 0.417. The third-order valence-electron chi connectivity index (χ3n) is 6.68. The van der Waals surface area contributed by atoms with Crippen molar-refractivity contribution in [2.75, 3.05) is 13.2 Å². The van der Waals surface area contributed by atoms with Crippen LogP contribution in [0.25, 0.3) is 22.0 Å². The molecule has 6 rings (SSSR count). The lowest BCUT2D eigenvalue weighted by molar-refractivity contribution is 0.0839. The first-order chi connectivity index (χ1) is 17.0. The van der Waals surface area contributed by atoms with Crippen molar-refractivity contribution >= 4 is 20.9 Å². The van der Waals surface area contributed by atoms with E-state index in [1.54, 1.807) is 24.4 Å². The second kappa shape index (κ2) is 8.75. The van der Waals surface area contributed by atoms with Gasteiger partial charge in [0.25, 0.3) is 0 Å². The van der Waals surface area contributed by atoms with Crippen LogP contribution in [0.5, 0.6) is 11.5 Å². The highest BCUT2D eigenvalue weighted by atomic mass is 32.2. The number of nitrogens with zero attached hydrogens (tertiary/aromatic N) is 3. The molecule has 0 amide bonds. The fraction of sp³-hybridized carbons (Fsp3) is 0.308. The molecule has 1 saturated heterocycles. The summed E-state index contributed by atoms with van der Waals surface area (Å²) in [5.74, 6) is 1.78. The SMILES string of the molecule is NS(=O)(=O)c1ccccc1-c1ccc2c(Oc3cn(C4CC4)nc3C3CCOCC3)ccnc2c1. The molecule has 2 aliphatic rings. The molecule has 2 fully saturated rings. The van der Waals surface area contributed by atoms with Crippen LogP contribution in [0.4, 0.5) is 0 Å². The van der Waals surface area contributed by atoms with Gasteiger partial charge in [0.2, 0.25) is 10.0 Å². The van der Waals surface area contributed by atoms with Crippen LogP contribution in [-0.2, 0) is 14.8 Å². The van der Waals surface area contributed by atoms with Crippen molar-refractivity contribution in [2.24, 2.45) is 5.14 Å². The number of rotatable bonds is 6. The van der Waals surface area contributed by atoms with Gasteiger partial charge in [0.15, 0.2) is 5.75 Å². The predicted octanol–water partition coefficient (Wildman–Crippen LogP) is 4.77. The van der Waals surface area contributed by atoms with Gasteiger partial charge in [-0.2, -0.15) is 5.10 Å². The van der Waals surface area contributed by atoms with Crippen molar-refractivity contribution in [1.82, 2.24) is 14.8 Å². The number of hydrogen-bond acceptors (Lipinski definition) is 6. The van der Waals surface area contributed by atoms with Gasteiger partial charge in [-0.05, 0) is 55.5 Å². The van der Waals surface area contributed by atoms with Crippen LogP contribution in [0.1, 0.15) is 43.3 Å². The van der Waals surface area contributed by atoms with E-state index in [-0.39, 0.29) is 4.90 Å². The summed E-state index contributed by atoms with van der Waals surface area (Å²) < 4.78 is 38.3. The van der Waals surface area contributed by atoms with Crippen molar-refractivity contribution < 1.29 is 17.9 Å². The molecule has 3 heterocycles. The average Bonchev–Trinajstić information content (AvgIpc) is 3.64. The Kier molecular flexibility index (Phi) is 5.55.